The standard InChI is InChI=1S/C4H9NO.C3H6NOP/c1-3-6-4-2-5-1;4-2-1-3-5-6/h5H,1-4H2;1,3,6H2. The summed E-state index contributed by atoms with van der Waals surface area (Å²) in [4.78, 5) is 0. The molecule has 4 nitrogen and oxygen atoms in total. The molecule has 70 valence electrons. The maximum absolute atomic E-state index is 7.86. The van der Waals surface area contributed by atoms with Crippen molar-refractivity contribution in [1.29, 1.82) is 5.26 Å². The van der Waals surface area contributed by atoms with Gasteiger partial charge in [0.2, 0.25) is 0 Å². The molecule has 5 heteroatoms. The lowest BCUT2D eigenvalue weighted by atomic mass is 10.5. The van der Waals surface area contributed by atoms with Gasteiger partial charge in [-0.3, -0.25) is 0 Å². The number of nitriles is 1. The van der Waals surface area contributed by atoms with E-state index in [0.717, 1.165) is 26.3 Å². The Morgan fingerprint density at radius 1 is 1.50 bits per heavy atom. The first kappa shape index (κ1) is 11.8. The summed E-state index contributed by atoms with van der Waals surface area (Å²) >= 11 is 0. The molecule has 1 unspecified atom stereocenters. The zero-order valence-electron chi connectivity index (χ0n) is 7.08. The summed E-state index contributed by atoms with van der Waals surface area (Å²) in [6.45, 7) is 4.35. The van der Waals surface area contributed by atoms with Gasteiger partial charge in [-0.05, 0) is 0 Å². The Morgan fingerprint density at radius 3 is 2.33 bits per heavy atom. The molecule has 0 saturated carbocycles. The molecule has 1 rings (SSSR count). The number of rotatable bonds is 2. The van der Waals surface area contributed by atoms with Crippen molar-refractivity contribution in [3.05, 3.63) is 0 Å². The maximum Gasteiger partial charge on any atom is 0.0646 e. The summed E-state index contributed by atoms with van der Waals surface area (Å²) in [6, 6.07) is 1.93. The number of nitrogens with one attached hydrogen (secondary N) is 1. The summed E-state index contributed by atoms with van der Waals surface area (Å²) in [5.41, 5.74) is 0. The van der Waals surface area contributed by atoms with Crippen LogP contribution in [0.3, 0.4) is 0 Å². The minimum absolute atomic E-state index is 0.476. The van der Waals surface area contributed by atoms with Crippen molar-refractivity contribution < 1.29 is 9.26 Å². The minimum Gasteiger partial charge on any atom is -0.379 e. The van der Waals surface area contributed by atoms with Crippen molar-refractivity contribution >= 4 is 9.47 Å². The fourth-order valence-corrected chi connectivity index (χ4v) is 0.738. The first-order valence-electron chi connectivity index (χ1n) is 3.89. The number of hydrogen-bond donors (Lipinski definition) is 1. The van der Waals surface area contributed by atoms with E-state index in [1.807, 2.05) is 6.07 Å². The second kappa shape index (κ2) is 10.8. The van der Waals surface area contributed by atoms with Gasteiger partial charge in [0.15, 0.2) is 0 Å². The Hall–Kier alpha value is -0.200. The molecular formula is C7H15N2O2P. The smallest absolute Gasteiger partial charge is 0.0646 e. The summed E-state index contributed by atoms with van der Waals surface area (Å²) < 4.78 is 9.48. The van der Waals surface area contributed by atoms with Crippen LogP contribution in [0.2, 0.25) is 0 Å². The van der Waals surface area contributed by atoms with Gasteiger partial charge in [-0.1, -0.05) is 0 Å². The Kier molecular flexibility index (Phi) is 10.6. The molecule has 1 fully saturated rings. The highest BCUT2D eigenvalue weighted by atomic mass is 31.0. The van der Waals surface area contributed by atoms with E-state index in [4.69, 9.17) is 10.00 Å². The van der Waals surface area contributed by atoms with Crippen molar-refractivity contribution in [2.45, 2.75) is 6.42 Å². The Bertz CT molecular complexity index is 112. The molecule has 1 saturated heterocycles. The van der Waals surface area contributed by atoms with Crippen LogP contribution in [-0.4, -0.2) is 32.9 Å². The van der Waals surface area contributed by atoms with Gasteiger partial charge in [-0.25, -0.2) is 0 Å². The molecule has 1 aliphatic heterocycles. The third-order valence-corrected chi connectivity index (χ3v) is 1.41. The molecule has 0 aromatic rings. The topological polar surface area (TPSA) is 54.3 Å². The Balaban J connectivity index is 0.000000202. The van der Waals surface area contributed by atoms with Crippen LogP contribution in [-0.2, 0) is 9.26 Å². The van der Waals surface area contributed by atoms with Gasteiger partial charge in [0.1, 0.15) is 0 Å². The number of nitrogens with zero attached hydrogens (tertiary/aromatic N) is 1. The molecule has 0 amide bonds. The van der Waals surface area contributed by atoms with E-state index in [0.29, 0.717) is 13.0 Å². The fraction of sp³-hybridized carbons (Fsp3) is 0.857. The van der Waals surface area contributed by atoms with E-state index >= 15 is 0 Å². The number of morpholine rings is 1. The second-order valence-corrected chi connectivity index (χ2v) is 2.47. The quantitative estimate of drug-likeness (QED) is 0.503. The summed E-state index contributed by atoms with van der Waals surface area (Å²) in [5, 5.41) is 11.0. The third-order valence-electron chi connectivity index (χ3n) is 1.18. The predicted octanol–water partition coefficient (Wildman–Crippen LogP) is 0.313. The zero-order chi connectivity index (χ0) is 9.07. The van der Waals surface area contributed by atoms with E-state index in [-0.39, 0.29) is 0 Å². The van der Waals surface area contributed by atoms with Crippen LogP contribution in [0.15, 0.2) is 0 Å². The normalized spacial score (nSPS) is 15.7. The number of hydrogen-bond acceptors (Lipinski definition) is 4. The largest absolute Gasteiger partial charge is 0.379 e. The molecule has 0 aromatic heterocycles. The number of ether oxygens (including phenoxy) is 1. The summed E-state index contributed by atoms with van der Waals surface area (Å²) in [5.74, 6) is 0. The van der Waals surface area contributed by atoms with Crippen molar-refractivity contribution in [3.8, 4) is 6.07 Å². The van der Waals surface area contributed by atoms with Crippen molar-refractivity contribution in [1.82, 2.24) is 5.32 Å². The molecule has 1 heterocycles. The van der Waals surface area contributed by atoms with E-state index in [9.17, 15) is 0 Å². The molecule has 1 atom stereocenters. The fourth-order valence-electron chi connectivity index (χ4n) is 0.620. The van der Waals surface area contributed by atoms with Gasteiger partial charge in [-0.2, -0.15) is 5.26 Å². The second-order valence-electron chi connectivity index (χ2n) is 2.14. The van der Waals surface area contributed by atoms with Gasteiger partial charge in [0.05, 0.1) is 32.3 Å². The van der Waals surface area contributed by atoms with Crippen LogP contribution in [0.25, 0.3) is 0 Å². The average molecular weight is 190 g/mol. The molecule has 0 aromatic carbocycles. The van der Waals surface area contributed by atoms with E-state index in [1.54, 1.807) is 0 Å². The molecule has 0 aliphatic carbocycles. The van der Waals surface area contributed by atoms with Crippen molar-refractivity contribution in [2.24, 2.45) is 0 Å². The van der Waals surface area contributed by atoms with Crippen LogP contribution in [0.1, 0.15) is 6.42 Å². The van der Waals surface area contributed by atoms with Crippen LogP contribution >= 0.6 is 9.47 Å². The van der Waals surface area contributed by atoms with Crippen LogP contribution in [0, 0.1) is 11.3 Å². The van der Waals surface area contributed by atoms with E-state index < -0.39 is 0 Å². The van der Waals surface area contributed by atoms with Crippen molar-refractivity contribution in [3.63, 3.8) is 0 Å². The highest BCUT2D eigenvalue weighted by Crippen LogP contribution is 1.84. The molecule has 1 N–H and O–H groups in total. The first-order valence-corrected chi connectivity index (χ1v) is 4.36. The van der Waals surface area contributed by atoms with Gasteiger partial charge in [0.25, 0.3) is 0 Å². The van der Waals surface area contributed by atoms with Gasteiger partial charge in [-0.15, -0.1) is 0 Å². The highest BCUT2D eigenvalue weighted by molar-refractivity contribution is 7.09. The van der Waals surface area contributed by atoms with Crippen molar-refractivity contribution in [2.75, 3.05) is 32.9 Å². The van der Waals surface area contributed by atoms with Crippen LogP contribution in [0.5, 0.6) is 0 Å². The van der Waals surface area contributed by atoms with Gasteiger partial charge >= 0.3 is 0 Å². The summed E-state index contributed by atoms with van der Waals surface area (Å²) in [7, 11) is 2.08. The van der Waals surface area contributed by atoms with Crippen LogP contribution in [0.4, 0.5) is 0 Å². The SMILES string of the molecule is C1COCCN1.N#CCCOP. The lowest BCUT2D eigenvalue weighted by Gasteiger charge is -2.10. The average Bonchev–Trinajstić information content (AvgIpc) is 2.18. The molecule has 0 radical (unpaired) electrons. The molecule has 0 bridgehead atoms. The molecule has 12 heavy (non-hydrogen) atoms. The predicted molar refractivity (Wildman–Crippen MR) is 49.6 cm³/mol. The lowest BCUT2D eigenvalue weighted by molar-refractivity contribution is 0.109. The molecule has 1 aliphatic rings. The maximum atomic E-state index is 7.86. The third kappa shape index (κ3) is 9.80. The Labute approximate surface area is 75.5 Å². The van der Waals surface area contributed by atoms with E-state index in [2.05, 4.69) is 19.3 Å². The summed E-state index contributed by atoms with van der Waals surface area (Å²) in [6.07, 6.45) is 0.476. The monoisotopic (exact) mass is 190 g/mol. The minimum atomic E-state index is 0.476. The van der Waals surface area contributed by atoms with Crippen LogP contribution < -0.4 is 5.32 Å². The van der Waals surface area contributed by atoms with Gasteiger partial charge < -0.3 is 14.6 Å². The Morgan fingerprint density at radius 2 is 2.17 bits per heavy atom. The van der Waals surface area contributed by atoms with E-state index in [1.165, 1.54) is 0 Å². The lowest BCUT2D eigenvalue weighted by Crippen LogP contribution is -2.30. The molecule has 0 spiro atoms. The first-order chi connectivity index (χ1) is 5.91. The highest BCUT2D eigenvalue weighted by Gasteiger charge is 1.92. The van der Waals surface area contributed by atoms with Gasteiger partial charge in [0, 0.05) is 22.6 Å². The molecular weight excluding hydrogens is 175 g/mol. The zero-order valence-corrected chi connectivity index (χ0v) is 8.24.